The van der Waals surface area contributed by atoms with Gasteiger partial charge in [-0.15, -0.1) is 0 Å². The highest BCUT2D eigenvalue weighted by molar-refractivity contribution is 5.93. The number of amides is 1. The van der Waals surface area contributed by atoms with Crippen LogP contribution in [-0.2, 0) is 11.0 Å². The van der Waals surface area contributed by atoms with Crippen LogP contribution >= 0.6 is 0 Å². The smallest absolute Gasteiger partial charge is 0.417 e. The first-order chi connectivity index (χ1) is 15.3. The van der Waals surface area contributed by atoms with Gasteiger partial charge < -0.3 is 14.6 Å². The lowest BCUT2D eigenvalue weighted by molar-refractivity contribution is -0.136. The third-order valence-electron chi connectivity index (χ3n) is 4.80. The number of nitrogens with one attached hydrogen (secondary N) is 1. The highest BCUT2D eigenvalue weighted by atomic mass is 19.4. The summed E-state index contributed by atoms with van der Waals surface area (Å²) in [4.78, 5) is 16.2. The Kier molecular flexibility index (Phi) is 5.81. The van der Waals surface area contributed by atoms with E-state index < -0.39 is 24.3 Å². The number of halogens is 3. The fourth-order valence-electron chi connectivity index (χ4n) is 3.27. The molecule has 2 aromatic carbocycles. The summed E-state index contributed by atoms with van der Waals surface area (Å²) in [5.41, 5.74) is 0.0418. The number of hydrogen-bond acceptors (Lipinski definition) is 5. The quantitative estimate of drug-likeness (QED) is 0.447. The summed E-state index contributed by atoms with van der Waals surface area (Å²) in [6.45, 7) is 1.28. The number of fused-ring (bicyclic) bond motifs is 1. The van der Waals surface area contributed by atoms with Crippen molar-refractivity contribution in [1.29, 1.82) is 0 Å². The van der Waals surface area contributed by atoms with Crippen LogP contribution in [0.5, 0.6) is 5.88 Å². The van der Waals surface area contributed by atoms with Crippen molar-refractivity contribution in [3.8, 4) is 17.1 Å². The van der Waals surface area contributed by atoms with Crippen LogP contribution in [0.15, 0.2) is 71.3 Å². The molecule has 0 bridgehead atoms. The highest BCUT2D eigenvalue weighted by Gasteiger charge is 2.36. The zero-order valence-electron chi connectivity index (χ0n) is 16.9. The predicted octanol–water partition coefficient (Wildman–Crippen LogP) is 5.16. The number of carbonyl (C=O) groups excluding carboxylic acids is 1. The van der Waals surface area contributed by atoms with Gasteiger partial charge in [-0.3, -0.25) is 4.79 Å². The van der Waals surface area contributed by atoms with E-state index in [-0.39, 0.29) is 28.7 Å². The molecular weight excluding hydrogens is 423 g/mol. The number of hydrogen-bond donors (Lipinski definition) is 1. The number of pyridine rings is 1. The summed E-state index contributed by atoms with van der Waals surface area (Å²) in [6, 6.07) is 18.1. The van der Waals surface area contributed by atoms with Crippen LogP contribution in [0.3, 0.4) is 0 Å². The summed E-state index contributed by atoms with van der Waals surface area (Å²) < 4.78 is 51.7. The van der Waals surface area contributed by atoms with Crippen LogP contribution in [0.1, 0.15) is 24.1 Å². The fraction of sp³-hybridized carbons (Fsp3) is 0.174. The van der Waals surface area contributed by atoms with Crippen molar-refractivity contribution in [1.82, 2.24) is 15.5 Å². The molecule has 0 aliphatic heterocycles. The van der Waals surface area contributed by atoms with Gasteiger partial charge in [0, 0.05) is 11.6 Å². The van der Waals surface area contributed by atoms with Gasteiger partial charge in [0.05, 0.1) is 17.0 Å². The zero-order valence-corrected chi connectivity index (χ0v) is 16.9. The van der Waals surface area contributed by atoms with E-state index in [4.69, 9.17) is 9.26 Å². The summed E-state index contributed by atoms with van der Waals surface area (Å²) in [5.74, 6) is -0.887. The van der Waals surface area contributed by atoms with Gasteiger partial charge in [-0.1, -0.05) is 65.8 Å². The number of carbonyl (C=O) groups is 1. The van der Waals surface area contributed by atoms with Gasteiger partial charge in [-0.25, -0.2) is 0 Å². The van der Waals surface area contributed by atoms with E-state index in [2.05, 4.69) is 15.5 Å². The summed E-state index contributed by atoms with van der Waals surface area (Å²) in [5, 5.41) is 6.24. The molecule has 0 spiro atoms. The molecule has 1 atom stereocenters. The molecule has 2 aromatic heterocycles. The maximum Gasteiger partial charge on any atom is 0.417 e. The Labute approximate surface area is 181 Å². The van der Waals surface area contributed by atoms with Crippen molar-refractivity contribution in [3.05, 3.63) is 77.9 Å². The van der Waals surface area contributed by atoms with Crippen molar-refractivity contribution < 1.29 is 27.2 Å². The monoisotopic (exact) mass is 441 g/mol. The van der Waals surface area contributed by atoms with Gasteiger partial charge >= 0.3 is 6.18 Å². The minimum atomic E-state index is -4.71. The summed E-state index contributed by atoms with van der Waals surface area (Å²) in [6.07, 6.45) is -4.71. The molecule has 164 valence electrons. The fourth-order valence-corrected chi connectivity index (χ4v) is 3.27. The van der Waals surface area contributed by atoms with Gasteiger partial charge in [-0.05, 0) is 12.5 Å². The molecule has 4 aromatic rings. The first-order valence-corrected chi connectivity index (χ1v) is 9.73. The van der Waals surface area contributed by atoms with E-state index in [9.17, 15) is 18.0 Å². The third kappa shape index (κ3) is 4.56. The van der Waals surface area contributed by atoms with E-state index >= 15 is 0 Å². The Morgan fingerprint density at radius 1 is 1.09 bits per heavy atom. The Morgan fingerprint density at radius 3 is 2.41 bits per heavy atom. The first-order valence-electron chi connectivity index (χ1n) is 9.73. The summed E-state index contributed by atoms with van der Waals surface area (Å²) >= 11 is 0. The number of aromatic nitrogens is 2. The van der Waals surface area contributed by atoms with Crippen LogP contribution in [0.4, 0.5) is 13.2 Å². The predicted molar refractivity (Wildman–Crippen MR) is 111 cm³/mol. The molecule has 1 N–H and O–H groups in total. The molecule has 32 heavy (non-hydrogen) atoms. The molecule has 2 heterocycles. The molecule has 6 nitrogen and oxygen atoms in total. The van der Waals surface area contributed by atoms with Crippen molar-refractivity contribution in [2.75, 3.05) is 6.61 Å². The SMILES string of the molecule is CC(NC(=O)COc1cc(C(F)(F)F)c2c(-c3ccccc3)noc2n1)c1ccccc1. The normalized spacial score (nSPS) is 12.5. The average molecular weight is 441 g/mol. The molecule has 0 aliphatic carbocycles. The maximum atomic E-state index is 13.8. The molecule has 0 saturated carbocycles. The van der Waals surface area contributed by atoms with Gasteiger partial charge in [0.15, 0.2) is 6.61 Å². The van der Waals surface area contributed by atoms with Crippen molar-refractivity contribution in [2.24, 2.45) is 0 Å². The molecule has 1 unspecified atom stereocenters. The Morgan fingerprint density at radius 2 is 1.75 bits per heavy atom. The zero-order chi connectivity index (χ0) is 22.7. The maximum absolute atomic E-state index is 13.8. The topological polar surface area (TPSA) is 77.2 Å². The third-order valence-corrected chi connectivity index (χ3v) is 4.80. The van der Waals surface area contributed by atoms with Gasteiger partial charge in [0.25, 0.3) is 11.6 Å². The van der Waals surface area contributed by atoms with Crippen molar-refractivity contribution in [2.45, 2.75) is 19.1 Å². The lowest BCUT2D eigenvalue weighted by atomic mass is 10.1. The average Bonchev–Trinajstić information content (AvgIpc) is 3.21. The number of rotatable bonds is 6. The molecule has 1 amide bonds. The van der Waals surface area contributed by atoms with Gasteiger partial charge in [0.2, 0.25) is 5.88 Å². The van der Waals surface area contributed by atoms with Crippen LogP contribution in [0.2, 0.25) is 0 Å². The number of ether oxygens (including phenoxy) is 1. The van der Waals surface area contributed by atoms with E-state index in [1.54, 1.807) is 37.3 Å². The van der Waals surface area contributed by atoms with Gasteiger partial charge in [-0.2, -0.15) is 18.2 Å². The highest BCUT2D eigenvalue weighted by Crippen LogP contribution is 2.40. The second kappa shape index (κ2) is 8.70. The van der Waals surface area contributed by atoms with Crippen molar-refractivity contribution in [3.63, 3.8) is 0 Å². The van der Waals surface area contributed by atoms with Crippen LogP contribution < -0.4 is 10.1 Å². The van der Waals surface area contributed by atoms with Crippen molar-refractivity contribution >= 4 is 17.0 Å². The summed E-state index contributed by atoms with van der Waals surface area (Å²) in [7, 11) is 0. The molecular formula is C23H18F3N3O3. The molecule has 4 rings (SSSR count). The van der Waals surface area contributed by atoms with Crippen LogP contribution in [-0.4, -0.2) is 22.7 Å². The lowest BCUT2D eigenvalue weighted by Crippen LogP contribution is -2.31. The number of nitrogens with zero attached hydrogens (tertiary/aromatic N) is 2. The Balaban J connectivity index is 1.57. The minimum absolute atomic E-state index is 0.0291. The number of alkyl halides is 3. The second-order valence-electron chi connectivity index (χ2n) is 7.07. The lowest BCUT2D eigenvalue weighted by Gasteiger charge is -2.15. The standard InChI is InChI=1S/C23H18F3N3O3/c1-14(15-8-4-2-5-9-15)27-18(30)13-31-19-12-17(23(24,25)26)20-21(29-32-22(20)28-19)16-10-6-3-7-11-16/h2-12,14H,13H2,1H3,(H,27,30). The van der Waals surface area contributed by atoms with Crippen LogP contribution in [0, 0.1) is 0 Å². The largest absolute Gasteiger partial charge is 0.467 e. The van der Waals surface area contributed by atoms with E-state index in [1.807, 2.05) is 30.3 Å². The molecule has 0 aliphatic rings. The molecule has 0 saturated heterocycles. The van der Waals surface area contributed by atoms with Gasteiger partial charge in [0.1, 0.15) is 5.69 Å². The molecule has 0 fully saturated rings. The second-order valence-corrected chi connectivity index (χ2v) is 7.07. The minimum Gasteiger partial charge on any atom is -0.467 e. The number of benzene rings is 2. The molecule has 0 radical (unpaired) electrons. The first kappa shape index (κ1) is 21.4. The van der Waals surface area contributed by atoms with Crippen LogP contribution in [0.25, 0.3) is 22.4 Å². The Bertz CT molecular complexity index is 1230. The van der Waals surface area contributed by atoms with E-state index in [0.29, 0.717) is 5.56 Å². The Hall–Kier alpha value is -3.88. The van der Waals surface area contributed by atoms with E-state index in [0.717, 1.165) is 11.6 Å². The molecule has 9 heteroatoms. The van der Waals surface area contributed by atoms with E-state index in [1.165, 1.54) is 0 Å².